The summed E-state index contributed by atoms with van der Waals surface area (Å²) in [6.07, 6.45) is 1.01. The van der Waals surface area contributed by atoms with Crippen LogP contribution >= 0.6 is 11.3 Å². The third kappa shape index (κ3) is 7.45. The van der Waals surface area contributed by atoms with Crippen LogP contribution in [0.2, 0.25) is 0 Å². The van der Waals surface area contributed by atoms with Gasteiger partial charge in [-0.3, -0.25) is 4.79 Å². The average molecular weight is 300 g/mol. The molecule has 1 N–H and O–H groups in total. The van der Waals surface area contributed by atoms with Crippen LogP contribution < -0.4 is 5.32 Å². The number of ether oxygens (including phenoxy) is 2. The molecule has 1 heterocycles. The second kappa shape index (κ2) is 9.72. The van der Waals surface area contributed by atoms with Crippen molar-refractivity contribution in [1.82, 2.24) is 4.98 Å². The Morgan fingerprint density at radius 1 is 1.50 bits per heavy atom. The lowest BCUT2D eigenvalue weighted by atomic mass is 10.2. The Kier molecular flexibility index (Phi) is 8.22. The Hall–Kier alpha value is -1.14. The molecule has 0 saturated heterocycles. The van der Waals surface area contributed by atoms with Crippen LogP contribution in [0.5, 0.6) is 0 Å². The number of nitrogens with zero attached hydrogens (tertiary/aromatic N) is 1. The molecule has 0 amide bonds. The van der Waals surface area contributed by atoms with Crippen molar-refractivity contribution in [2.75, 3.05) is 31.7 Å². The number of esters is 1. The highest BCUT2D eigenvalue weighted by molar-refractivity contribution is 7.13. The summed E-state index contributed by atoms with van der Waals surface area (Å²) >= 11 is 1.55. The van der Waals surface area contributed by atoms with Crippen molar-refractivity contribution in [3.05, 3.63) is 11.1 Å². The Morgan fingerprint density at radius 2 is 2.30 bits per heavy atom. The molecule has 5 nitrogen and oxygen atoms in total. The molecule has 1 rings (SSSR count). The fourth-order valence-corrected chi connectivity index (χ4v) is 2.29. The van der Waals surface area contributed by atoms with Gasteiger partial charge in [-0.2, -0.15) is 0 Å². The number of thiazole rings is 1. The van der Waals surface area contributed by atoms with Crippen molar-refractivity contribution in [1.29, 1.82) is 0 Å². The normalized spacial score (nSPS) is 10.8. The van der Waals surface area contributed by atoms with Gasteiger partial charge in [0.25, 0.3) is 0 Å². The highest BCUT2D eigenvalue weighted by Crippen LogP contribution is 2.16. The number of anilines is 1. The molecule has 0 spiro atoms. The van der Waals surface area contributed by atoms with Gasteiger partial charge in [0, 0.05) is 25.0 Å². The quantitative estimate of drug-likeness (QED) is 0.532. The summed E-state index contributed by atoms with van der Waals surface area (Å²) in [5.74, 6) is 0.390. The molecule has 114 valence electrons. The smallest absolute Gasteiger partial charge is 0.306 e. The minimum Gasteiger partial charge on any atom is -0.466 e. The van der Waals surface area contributed by atoms with Crippen molar-refractivity contribution >= 4 is 22.4 Å². The molecule has 0 bridgehead atoms. The van der Waals surface area contributed by atoms with Gasteiger partial charge in [0.2, 0.25) is 0 Å². The van der Waals surface area contributed by atoms with Crippen LogP contribution in [-0.2, 0) is 20.7 Å². The van der Waals surface area contributed by atoms with Gasteiger partial charge in [0.15, 0.2) is 5.13 Å². The fourth-order valence-electron chi connectivity index (χ4n) is 1.52. The maximum absolute atomic E-state index is 11.2. The van der Waals surface area contributed by atoms with Crippen LogP contribution in [0.25, 0.3) is 0 Å². The predicted octanol–water partition coefficient (Wildman–Crippen LogP) is 2.72. The molecule has 0 aliphatic heterocycles. The van der Waals surface area contributed by atoms with E-state index >= 15 is 0 Å². The molecule has 1 aromatic heterocycles. The summed E-state index contributed by atoms with van der Waals surface area (Å²) in [6, 6.07) is 0. The second-order valence-corrected chi connectivity index (χ2v) is 5.70. The Morgan fingerprint density at radius 3 is 3.00 bits per heavy atom. The van der Waals surface area contributed by atoms with E-state index in [0.29, 0.717) is 32.0 Å². The van der Waals surface area contributed by atoms with Crippen molar-refractivity contribution in [2.24, 2.45) is 5.92 Å². The molecule has 0 saturated carbocycles. The zero-order valence-corrected chi connectivity index (χ0v) is 13.3. The Bertz CT molecular complexity index is 394. The number of aromatic nitrogens is 1. The minimum atomic E-state index is -0.169. The summed E-state index contributed by atoms with van der Waals surface area (Å²) in [5, 5.41) is 6.06. The van der Waals surface area contributed by atoms with Gasteiger partial charge < -0.3 is 14.8 Å². The fraction of sp³-hybridized carbons (Fsp3) is 0.714. The number of hydrogen-bond donors (Lipinski definition) is 1. The number of carbonyl (C=O) groups excluding carboxylic acids is 1. The number of hydrogen-bond acceptors (Lipinski definition) is 6. The standard InChI is InChI=1S/C14H24N2O3S/c1-4-19-13(17)6-5-12-10-20-14(16-12)15-7-8-18-9-11(2)3/h10-11H,4-9H2,1-3H3,(H,15,16). The lowest BCUT2D eigenvalue weighted by Crippen LogP contribution is -2.12. The monoisotopic (exact) mass is 300 g/mol. The van der Waals surface area contributed by atoms with Crippen molar-refractivity contribution in [3.8, 4) is 0 Å². The summed E-state index contributed by atoms with van der Waals surface area (Å²) in [7, 11) is 0. The van der Waals surface area contributed by atoms with Crippen LogP contribution in [0, 0.1) is 5.92 Å². The van der Waals surface area contributed by atoms with Crippen LogP contribution in [-0.4, -0.2) is 37.3 Å². The average Bonchev–Trinajstić information content (AvgIpc) is 2.84. The lowest BCUT2D eigenvalue weighted by Gasteiger charge is -2.06. The largest absolute Gasteiger partial charge is 0.466 e. The van der Waals surface area contributed by atoms with E-state index in [9.17, 15) is 4.79 Å². The summed E-state index contributed by atoms with van der Waals surface area (Å²) < 4.78 is 10.4. The van der Waals surface area contributed by atoms with Gasteiger partial charge in [-0.15, -0.1) is 11.3 Å². The van der Waals surface area contributed by atoms with Gasteiger partial charge in [-0.25, -0.2) is 4.98 Å². The van der Waals surface area contributed by atoms with E-state index in [-0.39, 0.29) is 5.97 Å². The van der Waals surface area contributed by atoms with E-state index in [0.717, 1.165) is 24.0 Å². The number of rotatable bonds is 10. The van der Waals surface area contributed by atoms with Gasteiger partial charge >= 0.3 is 5.97 Å². The van der Waals surface area contributed by atoms with Gasteiger partial charge in [-0.1, -0.05) is 13.8 Å². The Labute approximate surface area is 124 Å². The van der Waals surface area contributed by atoms with Crippen LogP contribution in [0.3, 0.4) is 0 Å². The van der Waals surface area contributed by atoms with Crippen molar-refractivity contribution in [3.63, 3.8) is 0 Å². The molecule has 0 aliphatic rings. The highest BCUT2D eigenvalue weighted by atomic mass is 32.1. The number of carbonyl (C=O) groups is 1. The van der Waals surface area contributed by atoms with E-state index in [1.807, 2.05) is 12.3 Å². The van der Waals surface area contributed by atoms with E-state index in [2.05, 4.69) is 24.1 Å². The van der Waals surface area contributed by atoms with E-state index < -0.39 is 0 Å². The first-order valence-corrected chi connectivity index (χ1v) is 7.91. The first-order valence-electron chi connectivity index (χ1n) is 7.03. The molecule has 20 heavy (non-hydrogen) atoms. The van der Waals surface area contributed by atoms with Crippen LogP contribution in [0.1, 0.15) is 32.9 Å². The van der Waals surface area contributed by atoms with Gasteiger partial charge in [0.1, 0.15) is 0 Å². The maximum atomic E-state index is 11.2. The molecule has 6 heteroatoms. The zero-order chi connectivity index (χ0) is 14.8. The maximum Gasteiger partial charge on any atom is 0.306 e. The third-order valence-electron chi connectivity index (χ3n) is 2.42. The summed E-state index contributed by atoms with van der Waals surface area (Å²) in [4.78, 5) is 15.7. The first-order chi connectivity index (χ1) is 9.61. The van der Waals surface area contributed by atoms with E-state index in [1.165, 1.54) is 0 Å². The molecule has 0 fully saturated rings. The van der Waals surface area contributed by atoms with E-state index in [4.69, 9.17) is 9.47 Å². The predicted molar refractivity (Wildman–Crippen MR) is 81.2 cm³/mol. The molecule has 0 aliphatic carbocycles. The molecule has 1 aromatic rings. The molecule has 0 atom stereocenters. The number of nitrogens with one attached hydrogen (secondary N) is 1. The lowest BCUT2D eigenvalue weighted by molar-refractivity contribution is -0.143. The van der Waals surface area contributed by atoms with Crippen LogP contribution in [0.4, 0.5) is 5.13 Å². The van der Waals surface area contributed by atoms with Gasteiger partial charge in [0.05, 0.1) is 25.3 Å². The molecular formula is C14H24N2O3S. The molecular weight excluding hydrogens is 276 g/mol. The van der Waals surface area contributed by atoms with Gasteiger partial charge in [-0.05, 0) is 12.8 Å². The second-order valence-electron chi connectivity index (χ2n) is 4.84. The topological polar surface area (TPSA) is 60.5 Å². The SMILES string of the molecule is CCOC(=O)CCc1csc(NCCOCC(C)C)n1. The van der Waals surface area contributed by atoms with Crippen LogP contribution in [0.15, 0.2) is 5.38 Å². The minimum absolute atomic E-state index is 0.169. The number of aryl methyl sites for hydroxylation is 1. The summed E-state index contributed by atoms with van der Waals surface area (Å²) in [6.45, 7) is 8.70. The highest BCUT2D eigenvalue weighted by Gasteiger charge is 2.06. The van der Waals surface area contributed by atoms with Crippen molar-refractivity contribution in [2.45, 2.75) is 33.6 Å². The molecule has 0 aromatic carbocycles. The van der Waals surface area contributed by atoms with Crippen molar-refractivity contribution < 1.29 is 14.3 Å². The zero-order valence-electron chi connectivity index (χ0n) is 12.5. The summed E-state index contributed by atoms with van der Waals surface area (Å²) in [5.41, 5.74) is 0.925. The Balaban J connectivity index is 2.17. The third-order valence-corrected chi connectivity index (χ3v) is 3.26. The van der Waals surface area contributed by atoms with E-state index in [1.54, 1.807) is 11.3 Å². The molecule has 0 radical (unpaired) electrons. The first kappa shape index (κ1) is 16.9. The molecule has 0 unspecified atom stereocenters.